The van der Waals surface area contributed by atoms with Gasteiger partial charge in [-0.2, -0.15) is 0 Å². The van der Waals surface area contributed by atoms with Crippen molar-refractivity contribution in [3.8, 4) is 5.75 Å². The SMILES string of the molecule is COc1cccc(N(CCCN)C(=O)CCC(C)C)c1. The zero-order valence-corrected chi connectivity index (χ0v) is 12.8. The van der Waals surface area contributed by atoms with Crippen molar-refractivity contribution in [1.29, 1.82) is 0 Å². The summed E-state index contributed by atoms with van der Waals surface area (Å²) in [4.78, 5) is 14.2. The summed E-state index contributed by atoms with van der Waals surface area (Å²) in [6.45, 7) is 5.49. The normalized spacial score (nSPS) is 10.7. The quantitative estimate of drug-likeness (QED) is 0.795. The number of hydrogen-bond donors (Lipinski definition) is 1. The van der Waals surface area contributed by atoms with Gasteiger partial charge in [-0.05, 0) is 37.4 Å². The van der Waals surface area contributed by atoms with Gasteiger partial charge in [0.05, 0.1) is 7.11 Å². The fourth-order valence-corrected chi connectivity index (χ4v) is 1.97. The van der Waals surface area contributed by atoms with Crippen LogP contribution >= 0.6 is 0 Å². The van der Waals surface area contributed by atoms with E-state index in [0.717, 1.165) is 24.3 Å². The minimum Gasteiger partial charge on any atom is -0.497 e. The number of ether oxygens (including phenoxy) is 1. The zero-order valence-electron chi connectivity index (χ0n) is 12.8. The van der Waals surface area contributed by atoms with Gasteiger partial charge < -0.3 is 15.4 Å². The molecule has 2 N–H and O–H groups in total. The smallest absolute Gasteiger partial charge is 0.226 e. The lowest BCUT2D eigenvalue weighted by molar-refractivity contribution is -0.118. The molecule has 4 nitrogen and oxygen atoms in total. The maximum absolute atomic E-state index is 12.4. The van der Waals surface area contributed by atoms with Crippen LogP contribution in [0.5, 0.6) is 5.75 Å². The molecule has 0 atom stereocenters. The third kappa shape index (κ3) is 5.21. The van der Waals surface area contributed by atoms with Crippen molar-refractivity contribution in [1.82, 2.24) is 0 Å². The highest BCUT2D eigenvalue weighted by Crippen LogP contribution is 2.22. The number of methoxy groups -OCH3 is 1. The van der Waals surface area contributed by atoms with Crippen LogP contribution in [-0.2, 0) is 4.79 Å². The summed E-state index contributed by atoms with van der Waals surface area (Å²) in [5.41, 5.74) is 6.45. The molecule has 1 aromatic carbocycles. The fourth-order valence-electron chi connectivity index (χ4n) is 1.97. The van der Waals surface area contributed by atoms with Gasteiger partial charge in [-0.15, -0.1) is 0 Å². The molecule has 0 saturated heterocycles. The predicted molar refractivity (Wildman–Crippen MR) is 83.1 cm³/mol. The minimum absolute atomic E-state index is 0.153. The molecule has 0 aliphatic heterocycles. The number of amides is 1. The second-order valence-corrected chi connectivity index (χ2v) is 5.32. The monoisotopic (exact) mass is 278 g/mol. The molecular formula is C16H26N2O2. The van der Waals surface area contributed by atoms with Gasteiger partial charge in [0, 0.05) is 24.7 Å². The number of carbonyl (C=O) groups excluding carboxylic acids is 1. The molecular weight excluding hydrogens is 252 g/mol. The van der Waals surface area contributed by atoms with Crippen molar-refractivity contribution in [2.45, 2.75) is 33.1 Å². The molecule has 0 aromatic heterocycles. The Balaban J connectivity index is 2.83. The van der Waals surface area contributed by atoms with E-state index in [-0.39, 0.29) is 5.91 Å². The first-order valence-electron chi connectivity index (χ1n) is 7.23. The van der Waals surface area contributed by atoms with Crippen molar-refractivity contribution in [2.24, 2.45) is 11.7 Å². The number of nitrogens with zero attached hydrogens (tertiary/aromatic N) is 1. The van der Waals surface area contributed by atoms with Crippen LogP contribution < -0.4 is 15.4 Å². The standard InChI is InChI=1S/C16H26N2O2/c1-13(2)8-9-16(19)18(11-5-10-17)14-6-4-7-15(12-14)20-3/h4,6-7,12-13H,5,8-11,17H2,1-3H3. The van der Waals surface area contributed by atoms with Crippen molar-refractivity contribution >= 4 is 11.6 Å². The molecule has 0 fully saturated rings. The topological polar surface area (TPSA) is 55.6 Å². The highest BCUT2D eigenvalue weighted by atomic mass is 16.5. The molecule has 0 heterocycles. The van der Waals surface area contributed by atoms with Crippen molar-refractivity contribution in [2.75, 3.05) is 25.1 Å². The highest BCUT2D eigenvalue weighted by molar-refractivity contribution is 5.93. The Kier molecular flexibility index (Phi) is 7.09. The van der Waals surface area contributed by atoms with Gasteiger partial charge in [0.25, 0.3) is 0 Å². The zero-order chi connectivity index (χ0) is 15.0. The lowest BCUT2D eigenvalue weighted by Gasteiger charge is -2.23. The summed E-state index contributed by atoms with van der Waals surface area (Å²) in [5, 5.41) is 0. The lowest BCUT2D eigenvalue weighted by Crippen LogP contribution is -2.33. The van der Waals surface area contributed by atoms with Gasteiger partial charge in [0.2, 0.25) is 5.91 Å². The van der Waals surface area contributed by atoms with E-state index in [2.05, 4.69) is 13.8 Å². The molecule has 1 amide bonds. The Morgan fingerprint density at radius 2 is 2.15 bits per heavy atom. The van der Waals surface area contributed by atoms with Crippen LogP contribution in [0.15, 0.2) is 24.3 Å². The van der Waals surface area contributed by atoms with Crippen LogP contribution in [0.4, 0.5) is 5.69 Å². The summed E-state index contributed by atoms with van der Waals surface area (Å²) in [7, 11) is 1.63. The van der Waals surface area contributed by atoms with E-state index in [9.17, 15) is 4.79 Å². The predicted octanol–water partition coefficient (Wildman–Crippen LogP) is 2.81. The maximum Gasteiger partial charge on any atom is 0.226 e. The molecule has 0 saturated carbocycles. The number of rotatable bonds is 8. The van der Waals surface area contributed by atoms with E-state index in [1.807, 2.05) is 29.2 Å². The molecule has 1 rings (SSSR count). The Bertz CT molecular complexity index is 419. The molecule has 0 spiro atoms. The van der Waals surface area contributed by atoms with Gasteiger partial charge >= 0.3 is 0 Å². The van der Waals surface area contributed by atoms with Gasteiger partial charge in [-0.1, -0.05) is 19.9 Å². The molecule has 1 aromatic rings. The van der Waals surface area contributed by atoms with Crippen LogP contribution in [0.1, 0.15) is 33.1 Å². The second-order valence-electron chi connectivity index (χ2n) is 5.32. The molecule has 4 heteroatoms. The largest absolute Gasteiger partial charge is 0.497 e. The molecule has 0 unspecified atom stereocenters. The third-order valence-electron chi connectivity index (χ3n) is 3.19. The van der Waals surface area contributed by atoms with Crippen LogP contribution in [0, 0.1) is 5.92 Å². The summed E-state index contributed by atoms with van der Waals surface area (Å²) >= 11 is 0. The molecule has 0 aliphatic rings. The van der Waals surface area contributed by atoms with Crippen LogP contribution in [0.2, 0.25) is 0 Å². The van der Waals surface area contributed by atoms with Crippen molar-refractivity contribution in [3.63, 3.8) is 0 Å². The van der Waals surface area contributed by atoms with Crippen molar-refractivity contribution < 1.29 is 9.53 Å². The van der Waals surface area contributed by atoms with Gasteiger partial charge in [-0.25, -0.2) is 0 Å². The second kappa shape index (κ2) is 8.59. The Hall–Kier alpha value is -1.55. The maximum atomic E-state index is 12.4. The number of nitrogens with two attached hydrogens (primary N) is 1. The van der Waals surface area contributed by atoms with E-state index in [0.29, 0.717) is 25.4 Å². The Morgan fingerprint density at radius 3 is 2.75 bits per heavy atom. The molecule has 0 radical (unpaired) electrons. The summed E-state index contributed by atoms with van der Waals surface area (Å²) in [6, 6.07) is 7.61. The van der Waals surface area contributed by atoms with E-state index >= 15 is 0 Å². The number of benzene rings is 1. The number of hydrogen-bond acceptors (Lipinski definition) is 3. The molecule has 0 bridgehead atoms. The summed E-state index contributed by atoms with van der Waals surface area (Å²) in [6.07, 6.45) is 2.27. The van der Waals surface area contributed by atoms with Gasteiger partial charge in [0.15, 0.2) is 0 Å². The average molecular weight is 278 g/mol. The summed E-state index contributed by atoms with van der Waals surface area (Å²) < 4.78 is 5.22. The molecule has 112 valence electrons. The first kappa shape index (κ1) is 16.5. The summed E-state index contributed by atoms with van der Waals surface area (Å²) in [5.74, 6) is 1.44. The first-order valence-corrected chi connectivity index (χ1v) is 7.23. The van der Waals surface area contributed by atoms with E-state index < -0.39 is 0 Å². The highest BCUT2D eigenvalue weighted by Gasteiger charge is 2.16. The van der Waals surface area contributed by atoms with Crippen LogP contribution in [0.3, 0.4) is 0 Å². The number of anilines is 1. The van der Waals surface area contributed by atoms with E-state index in [1.54, 1.807) is 7.11 Å². The van der Waals surface area contributed by atoms with E-state index in [4.69, 9.17) is 10.5 Å². The minimum atomic E-state index is 0.153. The van der Waals surface area contributed by atoms with Gasteiger partial charge in [0.1, 0.15) is 5.75 Å². The van der Waals surface area contributed by atoms with Gasteiger partial charge in [-0.3, -0.25) is 4.79 Å². The first-order chi connectivity index (χ1) is 9.58. The number of carbonyl (C=O) groups is 1. The molecule has 20 heavy (non-hydrogen) atoms. The van der Waals surface area contributed by atoms with E-state index in [1.165, 1.54) is 0 Å². The lowest BCUT2D eigenvalue weighted by atomic mass is 10.1. The van der Waals surface area contributed by atoms with Crippen LogP contribution in [-0.4, -0.2) is 26.1 Å². The van der Waals surface area contributed by atoms with Crippen LogP contribution in [0.25, 0.3) is 0 Å². The fraction of sp³-hybridized carbons (Fsp3) is 0.562. The molecule has 0 aliphatic carbocycles. The average Bonchev–Trinajstić information content (AvgIpc) is 2.45. The van der Waals surface area contributed by atoms with Crippen molar-refractivity contribution in [3.05, 3.63) is 24.3 Å². The Labute approximate surface area is 121 Å². The third-order valence-corrected chi connectivity index (χ3v) is 3.19. The Morgan fingerprint density at radius 1 is 1.40 bits per heavy atom.